The number of thioether (sulfide) groups is 1. The summed E-state index contributed by atoms with van der Waals surface area (Å²) in [5.41, 5.74) is -0.688. The lowest BCUT2D eigenvalue weighted by atomic mass is 9.99. The minimum Gasteiger partial charge on any atom is -0.463 e. The summed E-state index contributed by atoms with van der Waals surface area (Å²) in [4.78, 5) is 46.3. The molecule has 0 spiro atoms. The van der Waals surface area contributed by atoms with Gasteiger partial charge in [0.05, 0.1) is 0 Å². The third kappa shape index (κ3) is 9.03. The van der Waals surface area contributed by atoms with Crippen LogP contribution in [-0.2, 0) is 42.9 Å². The molecule has 0 aromatic heterocycles. The highest BCUT2D eigenvalue weighted by Gasteiger charge is 2.52. The van der Waals surface area contributed by atoms with Gasteiger partial charge in [0.1, 0.15) is 18.1 Å². The van der Waals surface area contributed by atoms with Crippen LogP contribution < -0.4 is 0 Å². The smallest absolute Gasteiger partial charge is 0.303 e. The molecule has 0 aliphatic carbocycles. The second-order valence-corrected chi connectivity index (χ2v) is 7.85. The van der Waals surface area contributed by atoms with Crippen molar-refractivity contribution in [2.75, 3.05) is 12.4 Å². The molecular weight excluding hydrogens is 404 g/mol. The van der Waals surface area contributed by atoms with Gasteiger partial charge in [0, 0.05) is 27.7 Å². The van der Waals surface area contributed by atoms with E-state index in [1.807, 2.05) is 0 Å². The molecule has 5 atom stereocenters. The molecule has 166 valence electrons. The van der Waals surface area contributed by atoms with Crippen molar-refractivity contribution in [2.45, 2.75) is 83.7 Å². The average molecular weight is 435 g/mol. The summed E-state index contributed by atoms with van der Waals surface area (Å²) < 4.78 is 27.1. The van der Waals surface area contributed by atoms with Crippen molar-refractivity contribution in [1.82, 2.24) is 0 Å². The summed E-state index contributed by atoms with van der Waals surface area (Å²) in [6.45, 7) is 6.75. The van der Waals surface area contributed by atoms with Gasteiger partial charge in [-0.15, -0.1) is 11.8 Å². The number of carbonyl (C=O) groups is 4. The quantitative estimate of drug-likeness (QED) is 0.287. The molecule has 0 N–H and O–H groups in total. The highest BCUT2D eigenvalue weighted by atomic mass is 32.2. The van der Waals surface area contributed by atoms with Gasteiger partial charge in [-0.25, -0.2) is 0 Å². The Bertz CT molecular complexity index is 580. The van der Waals surface area contributed by atoms with Crippen molar-refractivity contribution in [1.29, 1.82) is 0 Å². The highest BCUT2D eigenvalue weighted by molar-refractivity contribution is 7.99. The van der Waals surface area contributed by atoms with E-state index >= 15 is 0 Å². The topological polar surface area (TPSA) is 114 Å². The molecule has 1 heterocycles. The zero-order chi connectivity index (χ0) is 22.0. The van der Waals surface area contributed by atoms with Crippen LogP contribution in [0.1, 0.15) is 53.9 Å². The number of hydrogen-bond donors (Lipinski definition) is 0. The van der Waals surface area contributed by atoms with Crippen LogP contribution in [0.4, 0.5) is 0 Å². The Labute approximate surface area is 175 Å². The summed E-state index contributed by atoms with van der Waals surface area (Å²) in [5, 5.41) is 0. The van der Waals surface area contributed by atoms with Crippen LogP contribution in [-0.4, -0.2) is 66.1 Å². The van der Waals surface area contributed by atoms with Gasteiger partial charge < -0.3 is 23.7 Å². The predicted octanol–water partition coefficient (Wildman–Crippen LogP) is 1.99. The van der Waals surface area contributed by atoms with Gasteiger partial charge in [-0.3, -0.25) is 19.2 Å². The van der Waals surface area contributed by atoms with Crippen molar-refractivity contribution >= 4 is 35.6 Å². The van der Waals surface area contributed by atoms with Crippen LogP contribution >= 0.6 is 11.8 Å². The number of carbonyl (C=O) groups excluding carboxylic acids is 4. The summed E-state index contributed by atoms with van der Waals surface area (Å²) in [6.07, 6.45) is -1.08. The fourth-order valence-corrected chi connectivity index (χ4v) is 4.10. The molecule has 1 saturated heterocycles. The van der Waals surface area contributed by atoms with Crippen LogP contribution in [0.15, 0.2) is 0 Å². The van der Waals surface area contributed by atoms with E-state index < -0.39 is 53.7 Å². The number of esters is 4. The molecule has 0 aromatic rings. The standard InChI is InChI=1S/C19H30O9S/c1-6-7-8-9-29-19-18(27-14(5)23)17(26-13(4)22)16(25-12(3)21)15(28-19)10-24-11(2)20/h15-19H,6-10H2,1-5H3/t15-,16-,17+,18-,19+/m1/s1. The minimum absolute atomic E-state index is 0.205. The molecule has 1 fully saturated rings. The molecule has 0 amide bonds. The van der Waals surface area contributed by atoms with Crippen molar-refractivity contribution in [3.63, 3.8) is 0 Å². The van der Waals surface area contributed by atoms with E-state index in [1.54, 1.807) is 0 Å². The van der Waals surface area contributed by atoms with Crippen molar-refractivity contribution in [3.05, 3.63) is 0 Å². The maximum absolute atomic E-state index is 11.7. The van der Waals surface area contributed by atoms with E-state index in [9.17, 15) is 19.2 Å². The van der Waals surface area contributed by atoms with Gasteiger partial charge in [-0.2, -0.15) is 0 Å². The first-order valence-corrected chi connectivity index (χ1v) is 10.6. The maximum Gasteiger partial charge on any atom is 0.303 e. The second kappa shape index (κ2) is 12.7. The van der Waals surface area contributed by atoms with Crippen LogP contribution in [0.25, 0.3) is 0 Å². The van der Waals surface area contributed by atoms with Gasteiger partial charge in [-0.05, 0) is 12.2 Å². The molecule has 29 heavy (non-hydrogen) atoms. The van der Waals surface area contributed by atoms with Crippen LogP contribution in [0.3, 0.4) is 0 Å². The molecule has 1 aliphatic rings. The minimum atomic E-state index is -1.10. The van der Waals surface area contributed by atoms with Gasteiger partial charge in [-0.1, -0.05) is 19.8 Å². The first-order valence-electron chi connectivity index (χ1n) is 9.57. The maximum atomic E-state index is 11.7. The Morgan fingerprint density at radius 3 is 1.86 bits per heavy atom. The zero-order valence-corrected chi connectivity index (χ0v) is 18.3. The van der Waals surface area contributed by atoms with Gasteiger partial charge in [0.25, 0.3) is 0 Å². The fraction of sp³-hybridized carbons (Fsp3) is 0.789. The summed E-state index contributed by atoms with van der Waals surface area (Å²) in [5.74, 6) is -1.67. The van der Waals surface area contributed by atoms with E-state index in [0.717, 1.165) is 25.0 Å². The Balaban J connectivity index is 3.17. The van der Waals surface area contributed by atoms with Gasteiger partial charge in [0.15, 0.2) is 18.3 Å². The van der Waals surface area contributed by atoms with Crippen molar-refractivity contribution < 1.29 is 42.9 Å². The zero-order valence-electron chi connectivity index (χ0n) is 17.5. The SMILES string of the molecule is CCCCCS[C@@H]1O[C@H](COC(C)=O)[C@@H](OC(C)=O)[C@H](OC(C)=O)[C@H]1OC(C)=O. The van der Waals surface area contributed by atoms with Crippen molar-refractivity contribution in [3.8, 4) is 0 Å². The molecule has 0 aromatic carbocycles. The molecule has 9 nitrogen and oxygen atoms in total. The van der Waals surface area contributed by atoms with Crippen LogP contribution in [0.5, 0.6) is 0 Å². The Kier molecular flexibility index (Phi) is 11.0. The van der Waals surface area contributed by atoms with E-state index in [1.165, 1.54) is 39.5 Å². The number of rotatable bonds is 10. The number of unbranched alkanes of at least 4 members (excludes halogenated alkanes) is 2. The molecule has 0 bridgehead atoms. The fourth-order valence-electron chi connectivity index (χ4n) is 2.87. The number of hydrogen-bond acceptors (Lipinski definition) is 10. The molecule has 0 radical (unpaired) electrons. The lowest BCUT2D eigenvalue weighted by Gasteiger charge is -2.44. The molecular formula is C19H30O9S. The monoisotopic (exact) mass is 434 g/mol. The molecule has 1 rings (SSSR count). The molecule has 0 unspecified atom stereocenters. The van der Waals surface area contributed by atoms with Gasteiger partial charge >= 0.3 is 23.9 Å². The number of ether oxygens (including phenoxy) is 5. The van der Waals surface area contributed by atoms with E-state index in [4.69, 9.17) is 23.7 Å². The van der Waals surface area contributed by atoms with E-state index in [2.05, 4.69) is 6.92 Å². The first kappa shape index (κ1) is 25.2. The molecule has 10 heteroatoms. The Morgan fingerprint density at radius 2 is 1.34 bits per heavy atom. The van der Waals surface area contributed by atoms with E-state index in [0.29, 0.717) is 0 Å². The van der Waals surface area contributed by atoms with Crippen LogP contribution in [0.2, 0.25) is 0 Å². The third-order valence-corrected chi connectivity index (χ3v) is 5.21. The van der Waals surface area contributed by atoms with Crippen LogP contribution in [0, 0.1) is 0 Å². The summed E-state index contributed by atoms with van der Waals surface area (Å²) >= 11 is 1.41. The average Bonchev–Trinajstić information content (AvgIpc) is 2.60. The predicted molar refractivity (Wildman–Crippen MR) is 104 cm³/mol. The summed E-state index contributed by atoms with van der Waals surface area (Å²) in [6, 6.07) is 0. The lowest BCUT2D eigenvalue weighted by Crippen LogP contribution is -2.61. The first-order chi connectivity index (χ1) is 13.6. The van der Waals surface area contributed by atoms with Crippen molar-refractivity contribution in [2.24, 2.45) is 0 Å². The normalized spacial score (nSPS) is 26.3. The summed E-state index contributed by atoms with van der Waals surface area (Å²) in [7, 11) is 0. The second-order valence-electron chi connectivity index (χ2n) is 6.65. The molecule has 1 aliphatic heterocycles. The largest absolute Gasteiger partial charge is 0.463 e. The highest BCUT2D eigenvalue weighted by Crippen LogP contribution is 2.34. The third-order valence-electron chi connectivity index (χ3n) is 3.98. The van der Waals surface area contributed by atoms with Gasteiger partial charge in [0.2, 0.25) is 0 Å². The molecule has 0 saturated carbocycles. The lowest BCUT2D eigenvalue weighted by molar-refractivity contribution is -0.237. The Hall–Kier alpha value is -1.81. The van der Waals surface area contributed by atoms with E-state index in [-0.39, 0.29) is 6.61 Å². The Morgan fingerprint density at radius 1 is 0.793 bits per heavy atom.